The maximum Gasteiger partial charge on any atom is 0.118 e. The number of nitrogens with zero attached hydrogens (tertiary/aromatic N) is 1. The summed E-state index contributed by atoms with van der Waals surface area (Å²) < 4.78 is 5.10. The topological polar surface area (TPSA) is 58.7 Å². The molecule has 19 heavy (non-hydrogen) atoms. The highest BCUT2D eigenvalue weighted by Crippen LogP contribution is 2.25. The molecule has 2 rings (SSSR count). The van der Waals surface area contributed by atoms with E-state index in [4.69, 9.17) is 10.5 Å². The maximum absolute atomic E-state index is 10.3. The van der Waals surface area contributed by atoms with Gasteiger partial charge in [0.25, 0.3) is 0 Å². The first-order valence-corrected chi connectivity index (χ1v) is 6.65. The third kappa shape index (κ3) is 3.08. The summed E-state index contributed by atoms with van der Waals surface area (Å²) in [6, 6.07) is 6.85. The van der Waals surface area contributed by atoms with Crippen LogP contribution in [0.3, 0.4) is 0 Å². The van der Waals surface area contributed by atoms with E-state index in [1.165, 1.54) is 12.8 Å². The van der Waals surface area contributed by atoms with Gasteiger partial charge in [-0.15, -0.1) is 0 Å². The molecule has 1 aromatic rings. The molecule has 1 aliphatic rings. The van der Waals surface area contributed by atoms with Crippen molar-refractivity contribution in [3.8, 4) is 5.75 Å². The lowest BCUT2D eigenvalue weighted by Gasteiger charge is -2.28. The predicted molar refractivity (Wildman–Crippen MR) is 75.9 cm³/mol. The number of hydrogen-bond acceptors (Lipinski definition) is 4. The molecule has 0 bridgehead atoms. The molecule has 0 aliphatic carbocycles. The smallest absolute Gasteiger partial charge is 0.118 e. The molecule has 3 N–H and O–H groups in total. The van der Waals surface area contributed by atoms with Crippen molar-refractivity contribution >= 4 is 0 Å². The Hall–Kier alpha value is -1.52. The SMILES string of the molecule is C=C([C@@H](N)[C@H](O)c1ccc(OC)cc1)N1CCCC1. The standard InChI is InChI=1S/C15H22N2O2/c1-11(17-9-3-4-10-17)14(16)15(18)12-5-7-13(19-2)8-6-12/h5-8,14-15,18H,1,3-4,9-10,16H2,2H3/t14-,15-/m1/s1. The van der Waals surface area contributed by atoms with E-state index in [0.29, 0.717) is 0 Å². The van der Waals surface area contributed by atoms with E-state index in [0.717, 1.165) is 30.1 Å². The van der Waals surface area contributed by atoms with Crippen LogP contribution in [0.5, 0.6) is 5.75 Å². The lowest BCUT2D eigenvalue weighted by molar-refractivity contribution is 0.146. The fourth-order valence-corrected chi connectivity index (χ4v) is 2.41. The molecule has 1 heterocycles. The van der Waals surface area contributed by atoms with Crippen molar-refractivity contribution in [2.45, 2.75) is 25.0 Å². The van der Waals surface area contributed by atoms with Crippen LogP contribution < -0.4 is 10.5 Å². The fraction of sp³-hybridized carbons (Fsp3) is 0.467. The summed E-state index contributed by atoms with van der Waals surface area (Å²) in [6.45, 7) is 6.01. The molecular weight excluding hydrogens is 240 g/mol. The quantitative estimate of drug-likeness (QED) is 0.847. The Bertz CT molecular complexity index is 424. The molecule has 0 spiro atoms. The first kappa shape index (κ1) is 13.9. The van der Waals surface area contributed by atoms with Crippen molar-refractivity contribution in [3.05, 3.63) is 42.1 Å². The fourth-order valence-electron chi connectivity index (χ4n) is 2.41. The second kappa shape index (κ2) is 6.08. The zero-order chi connectivity index (χ0) is 13.8. The summed E-state index contributed by atoms with van der Waals surface area (Å²) in [5.41, 5.74) is 7.73. The minimum Gasteiger partial charge on any atom is -0.497 e. The molecule has 0 unspecified atom stereocenters. The second-order valence-electron chi connectivity index (χ2n) is 4.93. The average molecular weight is 262 g/mol. The molecule has 1 aliphatic heterocycles. The largest absolute Gasteiger partial charge is 0.497 e. The van der Waals surface area contributed by atoms with E-state index in [-0.39, 0.29) is 0 Å². The Morgan fingerprint density at radius 2 is 1.89 bits per heavy atom. The third-order valence-electron chi connectivity index (χ3n) is 3.69. The molecule has 1 fully saturated rings. The van der Waals surface area contributed by atoms with Crippen LogP contribution in [0.25, 0.3) is 0 Å². The molecule has 2 atom stereocenters. The highest BCUT2D eigenvalue weighted by Gasteiger charge is 2.24. The second-order valence-corrected chi connectivity index (χ2v) is 4.93. The Labute approximate surface area is 114 Å². The molecule has 4 heteroatoms. The van der Waals surface area contributed by atoms with Crippen LogP contribution in [0, 0.1) is 0 Å². The lowest BCUT2D eigenvalue weighted by atomic mass is 10.0. The number of ether oxygens (including phenoxy) is 1. The van der Waals surface area contributed by atoms with Crippen LogP contribution in [0.1, 0.15) is 24.5 Å². The first-order chi connectivity index (χ1) is 9.13. The molecule has 0 radical (unpaired) electrons. The molecule has 1 aromatic carbocycles. The van der Waals surface area contributed by atoms with Crippen LogP contribution in [-0.2, 0) is 0 Å². The maximum atomic E-state index is 10.3. The summed E-state index contributed by atoms with van der Waals surface area (Å²) >= 11 is 0. The van der Waals surface area contributed by atoms with Crippen molar-refractivity contribution in [3.63, 3.8) is 0 Å². The average Bonchev–Trinajstić information content (AvgIpc) is 2.99. The van der Waals surface area contributed by atoms with Crippen molar-refractivity contribution in [1.29, 1.82) is 0 Å². The Balaban J connectivity index is 2.04. The highest BCUT2D eigenvalue weighted by atomic mass is 16.5. The number of methoxy groups -OCH3 is 1. The van der Waals surface area contributed by atoms with Gasteiger partial charge in [0, 0.05) is 18.8 Å². The van der Waals surface area contributed by atoms with Gasteiger partial charge in [-0.3, -0.25) is 0 Å². The van der Waals surface area contributed by atoms with Gasteiger partial charge in [-0.1, -0.05) is 18.7 Å². The first-order valence-electron chi connectivity index (χ1n) is 6.65. The number of nitrogens with two attached hydrogens (primary N) is 1. The summed E-state index contributed by atoms with van der Waals surface area (Å²) in [5.74, 6) is 0.767. The number of aliphatic hydroxyl groups excluding tert-OH is 1. The van der Waals surface area contributed by atoms with Gasteiger partial charge in [0.2, 0.25) is 0 Å². The van der Waals surface area contributed by atoms with Crippen molar-refractivity contribution in [1.82, 2.24) is 4.90 Å². The summed E-state index contributed by atoms with van der Waals surface area (Å²) in [5, 5.41) is 10.3. The van der Waals surface area contributed by atoms with Gasteiger partial charge in [-0.25, -0.2) is 0 Å². The number of benzene rings is 1. The predicted octanol–water partition coefficient (Wildman–Crippen LogP) is 1.67. The number of likely N-dealkylation sites (tertiary alicyclic amines) is 1. The van der Waals surface area contributed by atoms with E-state index in [9.17, 15) is 5.11 Å². The lowest BCUT2D eigenvalue weighted by Crippen LogP contribution is -2.37. The monoisotopic (exact) mass is 262 g/mol. The van der Waals surface area contributed by atoms with Gasteiger partial charge >= 0.3 is 0 Å². The molecular formula is C15H22N2O2. The van der Waals surface area contributed by atoms with Crippen LogP contribution in [0.4, 0.5) is 0 Å². The van der Waals surface area contributed by atoms with Gasteiger partial charge in [0.15, 0.2) is 0 Å². The summed E-state index contributed by atoms with van der Waals surface area (Å²) in [4.78, 5) is 2.16. The Kier molecular flexibility index (Phi) is 4.45. The van der Waals surface area contributed by atoms with Crippen molar-refractivity contribution < 1.29 is 9.84 Å². The van der Waals surface area contributed by atoms with E-state index < -0.39 is 12.1 Å². The number of rotatable bonds is 5. The van der Waals surface area contributed by atoms with Crippen molar-refractivity contribution in [2.75, 3.05) is 20.2 Å². The molecule has 4 nitrogen and oxygen atoms in total. The molecule has 0 amide bonds. The zero-order valence-corrected chi connectivity index (χ0v) is 11.4. The minimum atomic E-state index is -0.737. The van der Waals surface area contributed by atoms with Crippen LogP contribution in [-0.4, -0.2) is 36.2 Å². The molecule has 1 saturated heterocycles. The highest BCUT2D eigenvalue weighted by molar-refractivity contribution is 5.30. The third-order valence-corrected chi connectivity index (χ3v) is 3.69. The zero-order valence-electron chi connectivity index (χ0n) is 11.4. The number of aliphatic hydroxyl groups is 1. The van der Waals surface area contributed by atoms with Crippen LogP contribution >= 0.6 is 0 Å². The van der Waals surface area contributed by atoms with E-state index in [1.807, 2.05) is 24.3 Å². The molecule has 0 aromatic heterocycles. The van der Waals surface area contributed by atoms with E-state index in [2.05, 4.69) is 11.5 Å². The normalized spacial score (nSPS) is 18.2. The minimum absolute atomic E-state index is 0.466. The van der Waals surface area contributed by atoms with Crippen LogP contribution in [0.2, 0.25) is 0 Å². The summed E-state index contributed by atoms with van der Waals surface area (Å²) in [7, 11) is 1.62. The Morgan fingerprint density at radius 3 is 2.42 bits per heavy atom. The van der Waals surface area contributed by atoms with Gasteiger partial charge in [0.1, 0.15) is 5.75 Å². The molecule has 0 saturated carbocycles. The van der Waals surface area contributed by atoms with Gasteiger partial charge in [-0.05, 0) is 30.5 Å². The Morgan fingerprint density at radius 1 is 1.32 bits per heavy atom. The van der Waals surface area contributed by atoms with Gasteiger partial charge < -0.3 is 20.5 Å². The number of hydrogen-bond donors (Lipinski definition) is 2. The van der Waals surface area contributed by atoms with Gasteiger partial charge in [0.05, 0.1) is 19.3 Å². The van der Waals surface area contributed by atoms with Crippen LogP contribution in [0.15, 0.2) is 36.5 Å². The van der Waals surface area contributed by atoms with E-state index >= 15 is 0 Å². The summed E-state index contributed by atoms with van der Waals surface area (Å²) in [6.07, 6.45) is 1.60. The van der Waals surface area contributed by atoms with E-state index in [1.54, 1.807) is 7.11 Å². The molecule has 104 valence electrons. The van der Waals surface area contributed by atoms with Gasteiger partial charge in [-0.2, -0.15) is 0 Å². The van der Waals surface area contributed by atoms with Crippen molar-refractivity contribution in [2.24, 2.45) is 5.73 Å².